The summed E-state index contributed by atoms with van der Waals surface area (Å²) in [7, 11) is 0. The average Bonchev–Trinajstić information content (AvgIpc) is 2.55. The van der Waals surface area contributed by atoms with E-state index in [-0.39, 0.29) is 24.1 Å². The molecule has 2 aliphatic rings. The molecular formula is C18H22ClNO3. The highest BCUT2D eigenvalue weighted by Gasteiger charge is 2.31. The summed E-state index contributed by atoms with van der Waals surface area (Å²) in [4.78, 5) is 12.3. The minimum absolute atomic E-state index is 0. The highest BCUT2D eigenvalue weighted by Crippen LogP contribution is 2.32. The van der Waals surface area contributed by atoms with Gasteiger partial charge in [0.15, 0.2) is 0 Å². The van der Waals surface area contributed by atoms with Crippen LogP contribution in [0.25, 0.3) is 10.8 Å². The SMILES string of the molecule is Cc1cccc2c(=O)oc3c(c12)COC(C1CCNCC1)C3.Cl. The third-order valence-electron chi connectivity index (χ3n) is 5.08. The van der Waals surface area contributed by atoms with E-state index in [0.717, 1.165) is 54.6 Å². The van der Waals surface area contributed by atoms with Crippen molar-refractivity contribution in [2.24, 2.45) is 5.92 Å². The zero-order valence-corrected chi connectivity index (χ0v) is 14.1. The molecule has 23 heavy (non-hydrogen) atoms. The number of aryl methyl sites for hydroxylation is 1. The maximum absolute atomic E-state index is 12.3. The first-order chi connectivity index (χ1) is 10.7. The lowest BCUT2D eigenvalue weighted by atomic mass is 9.87. The molecule has 2 aliphatic heterocycles. The van der Waals surface area contributed by atoms with Gasteiger partial charge in [-0.3, -0.25) is 0 Å². The fourth-order valence-electron chi connectivity index (χ4n) is 3.87. The highest BCUT2D eigenvalue weighted by molar-refractivity contribution is 5.88. The van der Waals surface area contributed by atoms with Crippen LogP contribution in [0.1, 0.15) is 29.7 Å². The second kappa shape index (κ2) is 6.63. The second-order valence-electron chi connectivity index (χ2n) is 6.43. The van der Waals surface area contributed by atoms with Gasteiger partial charge in [-0.25, -0.2) is 4.79 Å². The number of piperidine rings is 1. The molecule has 1 fully saturated rings. The third kappa shape index (κ3) is 2.91. The van der Waals surface area contributed by atoms with Crippen LogP contribution in [-0.2, 0) is 17.8 Å². The van der Waals surface area contributed by atoms with Crippen LogP contribution in [-0.4, -0.2) is 19.2 Å². The van der Waals surface area contributed by atoms with Gasteiger partial charge < -0.3 is 14.5 Å². The molecule has 0 radical (unpaired) electrons. The van der Waals surface area contributed by atoms with Gasteiger partial charge in [0.2, 0.25) is 0 Å². The van der Waals surface area contributed by atoms with Crippen LogP contribution in [0, 0.1) is 12.8 Å². The van der Waals surface area contributed by atoms with Gasteiger partial charge in [-0.05, 0) is 50.4 Å². The summed E-state index contributed by atoms with van der Waals surface area (Å²) < 4.78 is 11.8. The Bertz CT molecular complexity index is 765. The van der Waals surface area contributed by atoms with Crippen molar-refractivity contribution in [1.29, 1.82) is 0 Å². The first kappa shape index (κ1) is 16.5. The summed E-state index contributed by atoms with van der Waals surface area (Å²) in [5.74, 6) is 1.40. The van der Waals surface area contributed by atoms with E-state index < -0.39 is 0 Å². The van der Waals surface area contributed by atoms with Gasteiger partial charge in [-0.2, -0.15) is 0 Å². The summed E-state index contributed by atoms with van der Waals surface area (Å²) >= 11 is 0. The largest absolute Gasteiger partial charge is 0.427 e. The van der Waals surface area contributed by atoms with Gasteiger partial charge >= 0.3 is 5.63 Å². The molecule has 1 aromatic heterocycles. The molecular weight excluding hydrogens is 314 g/mol. The molecule has 5 heteroatoms. The van der Waals surface area contributed by atoms with Crippen molar-refractivity contribution in [2.75, 3.05) is 13.1 Å². The van der Waals surface area contributed by atoms with E-state index in [9.17, 15) is 4.79 Å². The van der Waals surface area contributed by atoms with Crippen molar-refractivity contribution < 1.29 is 9.15 Å². The van der Waals surface area contributed by atoms with Gasteiger partial charge in [0.25, 0.3) is 0 Å². The van der Waals surface area contributed by atoms with Crippen molar-refractivity contribution >= 4 is 23.2 Å². The summed E-state index contributed by atoms with van der Waals surface area (Å²) in [6, 6.07) is 5.79. The van der Waals surface area contributed by atoms with E-state index >= 15 is 0 Å². The normalized spacial score (nSPS) is 21.7. The molecule has 0 bridgehead atoms. The fourth-order valence-corrected chi connectivity index (χ4v) is 3.87. The molecule has 3 heterocycles. The lowest BCUT2D eigenvalue weighted by molar-refractivity contribution is -0.0237. The molecule has 0 aliphatic carbocycles. The van der Waals surface area contributed by atoms with Gasteiger partial charge in [0.05, 0.1) is 18.1 Å². The highest BCUT2D eigenvalue weighted by atomic mass is 35.5. The fraction of sp³-hybridized carbons (Fsp3) is 0.500. The average molecular weight is 336 g/mol. The molecule has 1 atom stereocenters. The molecule has 124 valence electrons. The molecule has 4 rings (SSSR count). The summed E-state index contributed by atoms with van der Waals surface area (Å²) in [6.07, 6.45) is 3.17. The van der Waals surface area contributed by atoms with Crippen molar-refractivity contribution in [3.8, 4) is 0 Å². The van der Waals surface area contributed by atoms with Crippen LogP contribution in [0.2, 0.25) is 0 Å². The number of benzene rings is 1. The minimum atomic E-state index is -0.219. The van der Waals surface area contributed by atoms with Crippen LogP contribution >= 0.6 is 12.4 Å². The number of hydrogen-bond donors (Lipinski definition) is 1. The Balaban J connectivity index is 0.00000156. The second-order valence-corrected chi connectivity index (χ2v) is 6.43. The maximum Gasteiger partial charge on any atom is 0.343 e. The first-order valence-corrected chi connectivity index (χ1v) is 8.10. The quantitative estimate of drug-likeness (QED) is 0.870. The molecule has 0 amide bonds. The van der Waals surface area contributed by atoms with Crippen molar-refractivity contribution in [1.82, 2.24) is 5.32 Å². The number of ether oxygens (including phenoxy) is 1. The lowest BCUT2D eigenvalue weighted by Gasteiger charge is -2.33. The van der Waals surface area contributed by atoms with E-state index in [1.54, 1.807) is 0 Å². The van der Waals surface area contributed by atoms with Crippen LogP contribution in [0.4, 0.5) is 0 Å². The van der Waals surface area contributed by atoms with Gasteiger partial charge in [0, 0.05) is 17.4 Å². The lowest BCUT2D eigenvalue weighted by Crippen LogP contribution is -2.38. The summed E-state index contributed by atoms with van der Waals surface area (Å²) in [5.41, 5.74) is 1.96. The van der Waals surface area contributed by atoms with E-state index in [4.69, 9.17) is 9.15 Å². The zero-order valence-electron chi connectivity index (χ0n) is 13.3. The van der Waals surface area contributed by atoms with E-state index in [1.165, 1.54) is 0 Å². The predicted molar refractivity (Wildman–Crippen MR) is 92.3 cm³/mol. The molecule has 1 aromatic carbocycles. The molecule has 1 unspecified atom stereocenters. The number of nitrogens with one attached hydrogen (secondary N) is 1. The Labute approximate surface area is 141 Å². The summed E-state index contributed by atoms with van der Waals surface area (Å²) in [6.45, 7) is 4.70. The number of fused-ring (bicyclic) bond motifs is 3. The van der Waals surface area contributed by atoms with E-state index in [1.807, 2.05) is 25.1 Å². The van der Waals surface area contributed by atoms with Crippen LogP contribution < -0.4 is 10.9 Å². The predicted octanol–water partition coefficient (Wildman–Crippen LogP) is 2.96. The Morgan fingerprint density at radius 2 is 2.00 bits per heavy atom. The molecule has 0 saturated carbocycles. The third-order valence-corrected chi connectivity index (χ3v) is 5.08. The standard InChI is InChI=1S/C18H21NO3.ClH/c1-11-3-2-4-13-17(11)14-10-21-15(9-16(14)22-18(13)20)12-5-7-19-8-6-12;/h2-4,12,15,19H,5-10H2,1H3;1H. The van der Waals surface area contributed by atoms with Crippen molar-refractivity contribution in [2.45, 2.75) is 38.9 Å². The Morgan fingerprint density at radius 1 is 1.22 bits per heavy atom. The maximum atomic E-state index is 12.3. The Hall–Kier alpha value is -1.36. The monoisotopic (exact) mass is 335 g/mol. The molecule has 0 spiro atoms. The minimum Gasteiger partial charge on any atom is -0.427 e. The topological polar surface area (TPSA) is 51.5 Å². The van der Waals surface area contributed by atoms with E-state index in [2.05, 4.69) is 5.32 Å². The van der Waals surface area contributed by atoms with Crippen molar-refractivity contribution in [3.63, 3.8) is 0 Å². The van der Waals surface area contributed by atoms with Crippen LogP contribution in [0.3, 0.4) is 0 Å². The number of rotatable bonds is 1. The number of hydrogen-bond acceptors (Lipinski definition) is 4. The van der Waals surface area contributed by atoms with Crippen molar-refractivity contribution in [3.05, 3.63) is 45.5 Å². The van der Waals surface area contributed by atoms with Gasteiger partial charge in [-0.15, -0.1) is 12.4 Å². The Kier molecular flexibility index (Phi) is 4.76. The summed E-state index contributed by atoms with van der Waals surface area (Å²) in [5, 5.41) is 5.08. The first-order valence-electron chi connectivity index (χ1n) is 8.10. The van der Waals surface area contributed by atoms with Crippen LogP contribution in [0.5, 0.6) is 0 Å². The molecule has 1 saturated heterocycles. The van der Waals surface area contributed by atoms with Gasteiger partial charge in [-0.1, -0.05) is 12.1 Å². The molecule has 1 N–H and O–H groups in total. The zero-order chi connectivity index (χ0) is 15.1. The molecule has 2 aromatic rings. The molecule has 4 nitrogen and oxygen atoms in total. The Morgan fingerprint density at radius 3 is 2.78 bits per heavy atom. The number of halogens is 1. The van der Waals surface area contributed by atoms with Crippen LogP contribution in [0.15, 0.2) is 27.4 Å². The smallest absolute Gasteiger partial charge is 0.343 e. The van der Waals surface area contributed by atoms with Gasteiger partial charge in [0.1, 0.15) is 5.76 Å². The van der Waals surface area contributed by atoms with E-state index in [0.29, 0.717) is 17.9 Å².